The third-order valence-corrected chi connectivity index (χ3v) is 3.70. The number of urea groups is 1. The number of benzene rings is 1. The predicted molar refractivity (Wildman–Crippen MR) is 89.1 cm³/mol. The Morgan fingerprint density at radius 2 is 1.77 bits per heavy atom. The van der Waals surface area contributed by atoms with Crippen LogP contribution in [0, 0.1) is 13.8 Å². The van der Waals surface area contributed by atoms with E-state index in [1.807, 2.05) is 37.7 Å². The largest absolute Gasteiger partial charge is 0.331 e. The van der Waals surface area contributed by atoms with Crippen LogP contribution >= 0.6 is 0 Å². The number of aryl methyl sites for hydroxylation is 2. The van der Waals surface area contributed by atoms with Gasteiger partial charge in [0.2, 0.25) is 0 Å². The zero-order chi connectivity index (χ0) is 16.3. The number of aromatic nitrogens is 2. The van der Waals surface area contributed by atoms with Crippen molar-refractivity contribution >= 4 is 11.8 Å². The molecule has 0 unspecified atom stereocenters. The highest BCUT2D eigenvalue weighted by Crippen LogP contribution is 2.21. The first-order valence-corrected chi connectivity index (χ1v) is 7.57. The molecule has 2 amide bonds. The Bertz CT molecular complexity index is 640. The van der Waals surface area contributed by atoms with Gasteiger partial charge >= 0.3 is 6.03 Å². The molecule has 2 N–H and O–H groups in total. The molecule has 0 spiro atoms. The molecule has 0 saturated carbocycles. The fraction of sp³-hybridized carbons (Fsp3) is 0.412. The minimum atomic E-state index is -0.246. The molecule has 0 bridgehead atoms. The van der Waals surface area contributed by atoms with Gasteiger partial charge in [0.25, 0.3) is 0 Å². The summed E-state index contributed by atoms with van der Waals surface area (Å²) < 4.78 is 1.81. The van der Waals surface area contributed by atoms with Gasteiger partial charge in [-0.05, 0) is 51.3 Å². The number of carbonyl (C=O) groups excluding carboxylic acids is 1. The van der Waals surface area contributed by atoms with Gasteiger partial charge in [0.15, 0.2) is 5.82 Å². The Kier molecular flexibility index (Phi) is 4.85. The van der Waals surface area contributed by atoms with Crippen LogP contribution in [0.2, 0.25) is 0 Å². The summed E-state index contributed by atoms with van der Waals surface area (Å²) in [5.41, 5.74) is 3.51. The first kappa shape index (κ1) is 16.1. The number of nitrogens with zero attached hydrogens (tertiary/aromatic N) is 2. The van der Waals surface area contributed by atoms with Gasteiger partial charge in [0, 0.05) is 18.3 Å². The number of anilines is 1. The second-order valence-electron chi connectivity index (χ2n) is 5.90. The minimum absolute atomic E-state index is 0.0617. The smallest absolute Gasteiger partial charge is 0.320 e. The van der Waals surface area contributed by atoms with Gasteiger partial charge in [-0.2, -0.15) is 5.10 Å². The van der Waals surface area contributed by atoms with Crippen molar-refractivity contribution in [2.75, 3.05) is 5.32 Å². The Morgan fingerprint density at radius 3 is 2.32 bits per heavy atom. The lowest BCUT2D eigenvalue weighted by Gasteiger charge is -2.19. The van der Waals surface area contributed by atoms with E-state index in [4.69, 9.17) is 0 Å². The van der Waals surface area contributed by atoms with E-state index in [1.54, 1.807) is 6.07 Å². The molecule has 0 aliphatic rings. The van der Waals surface area contributed by atoms with Crippen LogP contribution in [-0.2, 0) is 0 Å². The zero-order valence-electron chi connectivity index (χ0n) is 13.8. The van der Waals surface area contributed by atoms with Crippen LogP contribution in [0.1, 0.15) is 49.5 Å². The summed E-state index contributed by atoms with van der Waals surface area (Å²) in [6.45, 7) is 10.2. The minimum Gasteiger partial charge on any atom is -0.331 e. The molecule has 2 aromatic rings. The molecule has 5 nitrogen and oxygen atoms in total. The molecule has 2 rings (SSSR count). The first-order chi connectivity index (χ1) is 10.4. The van der Waals surface area contributed by atoms with Crippen LogP contribution in [0.3, 0.4) is 0 Å². The number of carbonyl (C=O) groups is 1. The molecule has 0 aliphatic heterocycles. The van der Waals surface area contributed by atoms with Crippen molar-refractivity contribution in [3.63, 3.8) is 0 Å². The molecular formula is C17H24N4O. The van der Waals surface area contributed by atoms with Crippen molar-refractivity contribution in [3.8, 4) is 0 Å². The monoisotopic (exact) mass is 300 g/mol. The second kappa shape index (κ2) is 6.64. The average molecular weight is 300 g/mol. The van der Waals surface area contributed by atoms with Gasteiger partial charge in [-0.1, -0.05) is 18.2 Å². The average Bonchev–Trinajstić information content (AvgIpc) is 2.86. The number of rotatable bonds is 4. The van der Waals surface area contributed by atoms with Gasteiger partial charge in [-0.25, -0.2) is 4.79 Å². The molecule has 1 aromatic heterocycles. The van der Waals surface area contributed by atoms with Crippen LogP contribution in [-0.4, -0.2) is 15.8 Å². The van der Waals surface area contributed by atoms with E-state index < -0.39 is 0 Å². The number of hydrogen-bond donors (Lipinski definition) is 2. The van der Waals surface area contributed by atoms with Crippen molar-refractivity contribution in [1.82, 2.24) is 15.1 Å². The van der Waals surface area contributed by atoms with E-state index in [0.29, 0.717) is 5.82 Å². The van der Waals surface area contributed by atoms with Crippen LogP contribution in [0.15, 0.2) is 30.5 Å². The molecule has 0 saturated heterocycles. The maximum absolute atomic E-state index is 12.1. The maximum atomic E-state index is 12.1. The lowest BCUT2D eigenvalue weighted by molar-refractivity contribution is 0.249. The highest BCUT2D eigenvalue weighted by Gasteiger charge is 2.14. The van der Waals surface area contributed by atoms with Crippen molar-refractivity contribution in [1.29, 1.82) is 0 Å². The third kappa shape index (κ3) is 3.67. The van der Waals surface area contributed by atoms with E-state index in [-0.39, 0.29) is 18.1 Å². The van der Waals surface area contributed by atoms with Crippen LogP contribution in [0.25, 0.3) is 0 Å². The highest BCUT2D eigenvalue weighted by molar-refractivity contribution is 5.88. The second-order valence-corrected chi connectivity index (χ2v) is 5.90. The summed E-state index contributed by atoms with van der Waals surface area (Å²) in [6.07, 6.45) is 1.86. The molecule has 5 heteroatoms. The lowest BCUT2D eigenvalue weighted by Crippen LogP contribution is -2.32. The van der Waals surface area contributed by atoms with Crippen LogP contribution in [0.4, 0.5) is 10.6 Å². The van der Waals surface area contributed by atoms with Crippen molar-refractivity contribution in [2.24, 2.45) is 0 Å². The fourth-order valence-electron chi connectivity index (χ4n) is 2.62. The molecule has 1 atom stereocenters. The molecule has 1 aromatic carbocycles. The summed E-state index contributed by atoms with van der Waals surface area (Å²) in [7, 11) is 0. The Morgan fingerprint density at radius 1 is 1.14 bits per heavy atom. The van der Waals surface area contributed by atoms with Gasteiger partial charge in [0.1, 0.15) is 0 Å². The van der Waals surface area contributed by atoms with E-state index in [1.165, 1.54) is 11.1 Å². The standard InChI is InChI=1S/C17H24N4O/c1-11(2)21-10-9-15(20-21)19-17(22)18-14(5)16-12(3)7-6-8-13(16)4/h6-11,14H,1-5H3,(H2,18,19,20,22)/t14-/m0/s1. The van der Waals surface area contributed by atoms with Gasteiger partial charge in [0.05, 0.1) is 6.04 Å². The summed E-state index contributed by atoms with van der Waals surface area (Å²) in [6, 6.07) is 7.90. The van der Waals surface area contributed by atoms with Gasteiger partial charge in [-0.15, -0.1) is 0 Å². The fourth-order valence-corrected chi connectivity index (χ4v) is 2.62. The third-order valence-electron chi connectivity index (χ3n) is 3.70. The quantitative estimate of drug-likeness (QED) is 0.897. The molecule has 0 radical (unpaired) electrons. The van der Waals surface area contributed by atoms with E-state index >= 15 is 0 Å². The summed E-state index contributed by atoms with van der Waals surface area (Å²) in [5.74, 6) is 0.555. The van der Waals surface area contributed by atoms with Crippen molar-refractivity contribution < 1.29 is 4.79 Å². The van der Waals surface area contributed by atoms with Crippen molar-refractivity contribution in [2.45, 2.75) is 46.7 Å². The normalized spacial score (nSPS) is 12.3. The molecule has 118 valence electrons. The number of hydrogen-bond acceptors (Lipinski definition) is 2. The van der Waals surface area contributed by atoms with Gasteiger partial charge in [-0.3, -0.25) is 10.00 Å². The number of amides is 2. The summed E-state index contributed by atoms with van der Waals surface area (Å²) in [4.78, 5) is 12.1. The van der Waals surface area contributed by atoms with E-state index in [9.17, 15) is 4.79 Å². The van der Waals surface area contributed by atoms with Crippen LogP contribution in [0.5, 0.6) is 0 Å². The van der Waals surface area contributed by atoms with E-state index in [2.05, 4.69) is 41.7 Å². The Labute approximate surface area is 131 Å². The summed E-state index contributed by atoms with van der Waals surface area (Å²) in [5, 5.41) is 10.0. The Hall–Kier alpha value is -2.30. The maximum Gasteiger partial charge on any atom is 0.320 e. The molecular weight excluding hydrogens is 276 g/mol. The zero-order valence-corrected chi connectivity index (χ0v) is 13.8. The molecule has 0 fully saturated rings. The summed E-state index contributed by atoms with van der Waals surface area (Å²) >= 11 is 0. The number of nitrogens with one attached hydrogen (secondary N) is 2. The molecule has 1 heterocycles. The topological polar surface area (TPSA) is 59.0 Å². The first-order valence-electron chi connectivity index (χ1n) is 7.57. The highest BCUT2D eigenvalue weighted by atomic mass is 16.2. The Balaban J connectivity index is 2.02. The SMILES string of the molecule is Cc1cccc(C)c1[C@H](C)NC(=O)Nc1ccn(C(C)C)n1. The predicted octanol–water partition coefficient (Wildman–Crippen LogP) is 3.96. The van der Waals surface area contributed by atoms with Crippen LogP contribution < -0.4 is 10.6 Å². The molecule has 22 heavy (non-hydrogen) atoms. The lowest BCUT2D eigenvalue weighted by atomic mass is 9.97. The van der Waals surface area contributed by atoms with Gasteiger partial charge < -0.3 is 5.32 Å². The van der Waals surface area contributed by atoms with E-state index in [0.717, 1.165) is 5.56 Å². The van der Waals surface area contributed by atoms with Crippen molar-refractivity contribution in [3.05, 3.63) is 47.2 Å². The molecule has 0 aliphatic carbocycles.